The predicted octanol–water partition coefficient (Wildman–Crippen LogP) is 7.85. The van der Waals surface area contributed by atoms with E-state index >= 15 is 0 Å². The molecule has 0 spiro atoms. The largest absolute Gasteiger partial charge is 0.481 e. The second-order valence-corrected chi connectivity index (χ2v) is 15.2. The summed E-state index contributed by atoms with van der Waals surface area (Å²) in [6.45, 7) is 5.86. The highest BCUT2D eigenvalue weighted by Gasteiger charge is 2.25. The summed E-state index contributed by atoms with van der Waals surface area (Å²) >= 11 is 2.52. The number of nitrogens with zero attached hydrogens (tertiary/aromatic N) is 7. The summed E-state index contributed by atoms with van der Waals surface area (Å²) in [5.74, 6) is -2.82. The number of unbranched alkanes of at least 4 members (excludes halogenated alkanes) is 2. The molecule has 0 radical (unpaired) electrons. The van der Waals surface area contributed by atoms with Crippen LogP contribution in [-0.2, 0) is 18.4 Å². The van der Waals surface area contributed by atoms with Gasteiger partial charge < -0.3 is 15.0 Å². The fourth-order valence-corrected chi connectivity index (χ4v) is 7.29. The van der Waals surface area contributed by atoms with E-state index < -0.39 is 29.4 Å². The number of amides is 2. The van der Waals surface area contributed by atoms with E-state index in [2.05, 4.69) is 25.7 Å². The average Bonchev–Trinajstić information content (AvgIpc) is 3.93. The molecule has 2 amide bonds. The molecule has 0 aliphatic heterocycles. The van der Waals surface area contributed by atoms with Gasteiger partial charge in [0.05, 0.1) is 17.5 Å². The SMILES string of the molecule is CCCCN(C(=O)c1ccccc1F)c1nnc(-c2ccc(=O)n(C)c2)s1.CCCCN(C(=O)c1ccccc1F)c1nnc(-c2ccc(CNCCC(=O)O)cc2)s1. The van der Waals surface area contributed by atoms with E-state index in [0.29, 0.717) is 46.5 Å². The highest BCUT2D eigenvalue weighted by atomic mass is 32.1. The van der Waals surface area contributed by atoms with Gasteiger partial charge >= 0.3 is 5.97 Å². The zero-order chi connectivity index (χ0) is 42.3. The third-order valence-corrected chi connectivity index (χ3v) is 10.8. The van der Waals surface area contributed by atoms with Crippen LogP contribution in [0.4, 0.5) is 19.0 Å². The molecule has 0 aliphatic rings. The van der Waals surface area contributed by atoms with Crippen molar-refractivity contribution in [3.05, 3.63) is 130 Å². The lowest BCUT2D eigenvalue weighted by molar-refractivity contribution is -0.136. The van der Waals surface area contributed by atoms with Crippen molar-refractivity contribution in [2.75, 3.05) is 29.4 Å². The van der Waals surface area contributed by atoms with E-state index in [1.54, 1.807) is 43.6 Å². The number of aliphatic carboxylic acids is 1. The maximum Gasteiger partial charge on any atom is 0.304 e. The lowest BCUT2D eigenvalue weighted by Gasteiger charge is -2.19. The maximum absolute atomic E-state index is 14.2. The summed E-state index contributed by atoms with van der Waals surface area (Å²) in [6, 6.07) is 22.7. The van der Waals surface area contributed by atoms with E-state index in [0.717, 1.165) is 42.4 Å². The number of hydrogen-bond donors (Lipinski definition) is 2. The molecular formula is C42H44F2N8O5S2. The molecule has 6 rings (SSSR count). The normalized spacial score (nSPS) is 10.8. The van der Waals surface area contributed by atoms with Gasteiger partial charge in [-0.15, -0.1) is 20.4 Å². The van der Waals surface area contributed by atoms with Crippen LogP contribution in [0.1, 0.15) is 72.2 Å². The molecule has 0 bridgehead atoms. The number of rotatable bonds is 17. The summed E-state index contributed by atoms with van der Waals surface area (Å²) in [7, 11) is 1.66. The van der Waals surface area contributed by atoms with Crippen molar-refractivity contribution in [2.24, 2.45) is 7.05 Å². The Morgan fingerprint density at radius 2 is 1.20 bits per heavy atom. The van der Waals surface area contributed by atoms with Crippen LogP contribution in [0.25, 0.3) is 21.1 Å². The molecule has 3 aromatic heterocycles. The van der Waals surface area contributed by atoms with E-state index in [1.807, 2.05) is 38.1 Å². The topological polar surface area (TPSA) is 164 Å². The first kappa shape index (κ1) is 44.1. The number of carbonyl (C=O) groups is 3. The molecular weight excluding hydrogens is 799 g/mol. The van der Waals surface area contributed by atoms with Gasteiger partial charge in [-0.25, -0.2) is 8.78 Å². The molecule has 3 aromatic carbocycles. The Labute approximate surface area is 348 Å². The van der Waals surface area contributed by atoms with Crippen molar-refractivity contribution in [2.45, 2.75) is 52.5 Å². The molecule has 0 saturated heterocycles. The molecule has 0 atom stereocenters. The lowest BCUT2D eigenvalue weighted by atomic mass is 10.1. The molecule has 17 heteroatoms. The van der Waals surface area contributed by atoms with Crippen molar-refractivity contribution in [1.82, 2.24) is 30.3 Å². The minimum atomic E-state index is -0.832. The molecule has 2 N–H and O–H groups in total. The molecule has 3 heterocycles. The fourth-order valence-electron chi connectivity index (χ4n) is 5.56. The highest BCUT2D eigenvalue weighted by molar-refractivity contribution is 7.19. The summed E-state index contributed by atoms with van der Waals surface area (Å²) in [4.78, 5) is 51.0. The average molecular weight is 843 g/mol. The van der Waals surface area contributed by atoms with Crippen molar-refractivity contribution in [1.29, 1.82) is 0 Å². The van der Waals surface area contributed by atoms with Gasteiger partial charge in [-0.1, -0.05) is 97.9 Å². The van der Waals surface area contributed by atoms with E-state index in [1.165, 1.54) is 67.4 Å². The number of benzene rings is 3. The first-order chi connectivity index (χ1) is 28.5. The van der Waals surface area contributed by atoms with E-state index in [9.17, 15) is 28.0 Å². The Hall–Kier alpha value is -6.04. The Kier molecular flexibility index (Phi) is 16.2. The smallest absolute Gasteiger partial charge is 0.304 e. The van der Waals surface area contributed by atoms with Gasteiger partial charge in [0, 0.05) is 56.6 Å². The zero-order valence-electron chi connectivity index (χ0n) is 32.8. The molecule has 59 heavy (non-hydrogen) atoms. The van der Waals surface area contributed by atoms with E-state index in [4.69, 9.17) is 5.11 Å². The Morgan fingerprint density at radius 1 is 0.712 bits per heavy atom. The minimum absolute atomic E-state index is 0.00691. The van der Waals surface area contributed by atoms with Gasteiger partial charge in [-0.3, -0.25) is 29.0 Å². The van der Waals surface area contributed by atoms with Gasteiger partial charge in [0.25, 0.3) is 11.8 Å². The Bertz CT molecular complexity index is 2400. The van der Waals surface area contributed by atoms with Crippen molar-refractivity contribution in [3.63, 3.8) is 0 Å². The standard InChI is InChI=1S/C23H25FN4O3S.C19H19FN4O2S/c1-2-3-14-28(22(31)18-6-4-5-7-19(18)24)23-27-26-21(32-23)17-10-8-16(9-11-17)15-25-13-12-20(29)30;1-3-4-11-24(18(26)14-7-5-6-8-15(14)20)19-22-21-17(27-19)13-9-10-16(25)23(2)12-13/h4-11,25H,2-3,12-15H2,1H3,(H,29,30);5-10,12H,3-4,11H2,1-2H3. The number of aromatic nitrogens is 5. The summed E-state index contributed by atoms with van der Waals surface area (Å²) in [6.07, 6.45) is 5.03. The van der Waals surface area contributed by atoms with Crippen LogP contribution >= 0.6 is 22.7 Å². The first-order valence-electron chi connectivity index (χ1n) is 19.0. The number of halogens is 2. The van der Waals surface area contributed by atoms with Crippen LogP contribution in [-0.4, -0.2) is 67.5 Å². The monoisotopic (exact) mass is 842 g/mol. The summed E-state index contributed by atoms with van der Waals surface area (Å²) in [5, 5.41) is 30.6. The van der Waals surface area contributed by atoms with Crippen LogP contribution in [0.15, 0.2) is 95.9 Å². The molecule has 6 aromatic rings. The third kappa shape index (κ3) is 12.0. The molecule has 0 fully saturated rings. The lowest BCUT2D eigenvalue weighted by Crippen LogP contribution is -2.32. The summed E-state index contributed by atoms with van der Waals surface area (Å²) in [5.41, 5.74) is 2.50. The second kappa shape index (κ2) is 21.6. The Morgan fingerprint density at radius 3 is 1.68 bits per heavy atom. The number of pyridine rings is 1. The third-order valence-electron chi connectivity index (χ3n) is 8.84. The molecule has 0 aliphatic carbocycles. The number of nitrogens with one attached hydrogen (secondary N) is 1. The highest BCUT2D eigenvalue weighted by Crippen LogP contribution is 2.31. The molecule has 0 saturated carbocycles. The van der Waals surface area contributed by atoms with Gasteiger partial charge in [-0.05, 0) is 48.7 Å². The summed E-state index contributed by atoms with van der Waals surface area (Å²) < 4.78 is 29.7. The molecule has 13 nitrogen and oxygen atoms in total. The van der Waals surface area contributed by atoms with Crippen LogP contribution < -0.4 is 20.7 Å². The Balaban J connectivity index is 0.000000227. The van der Waals surface area contributed by atoms with Crippen LogP contribution in [0.2, 0.25) is 0 Å². The van der Waals surface area contributed by atoms with Crippen molar-refractivity contribution in [3.8, 4) is 21.1 Å². The van der Waals surface area contributed by atoms with Crippen LogP contribution in [0, 0.1) is 11.6 Å². The zero-order valence-corrected chi connectivity index (χ0v) is 34.4. The molecule has 308 valence electrons. The quantitative estimate of drug-likeness (QED) is 0.0865. The van der Waals surface area contributed by atoms with E-state index in [-0.39, 0.29) is 23.1 Å². The molecule has 0 unspecified atom stereocenters. The van der Waals surface area contributed by atoms with Gasteiger partial charge in [0.1, 0.15) is 16.6 Å². The number of hydrogen-bond acceptors (Lipinski definition) is 11. The van der Waals surface area contributed by atoms with Gasteiger partial charge in [-0.2, -0.15) is 0 Å². The van der Waals surface area contributed by atoms with Crippen molar-refractivity contribution < 1.29 is 28.3 Å². The van der Waals surface area contributed by atoms with Crippen LogP contribution in [0.3, 0.4) is 0 Å². The number of carboxylic acid groups (broad SMARTS) is 1. The number of anilines is 2. The van der Waals surface area contributed by atoms with Gasteiger partial charge in [0.15, 0.2) is 5.01 Å². The second-order valence-electron chi connectivity index (χ2n) is 13.2. The predicted molar refractivity (Wildman–Crippen MR) is 226 cm³/mol. The fraction of sp³-hybridized carbons (Fsp3) is 0.286. The van der Waals surface area contributed by atoms with Crippen LogP contribution in [0.5, 0.6) is 0 Å². The minimum Gasteiger partial charge on any atom is -0.481 e. The van der Waals surface area contributed by atoms with Gasteiger partial charge in [0.2, 0.25) is 15.8 Å². The number of carboxylic acids is 1. The van der Waals surface area contributed by atoms with Crippen molar-refractivity contribution >= 4 is 50.7 Å². The number of aryl methyl sites for hydroxylation is 1. The first-order valence-corrected chi connectivity index (χ1v) is 20.6. The number of carbonyl (C=O) groups excluding carboxylic acids is 2. The maximum atomic E-state index is 14.2.